The minimum Gasteiger partial charge on any atom is -0.385 e. The molecular formula is C11H23N3O2. The van der Waals surface area contributed by atoms with E-state index in [1.807, 2.05) is 0 Å². The van der Waals surface area contributed by atoms with Gasteiger partial charge in [0.15, 0.2) is 0 Å². The molecule has 16 heavy (non-hydrogen) atoms. The van der Waals surface area contributed by atoms with E-state index in [9.17, 15) is 4.79 Å². The van der Waals surface area contributed by atoms with Crippen LogP contribution in [-0.4, -0.2) is 63.3 Å². The molecule has 0 aromatic heterocycles. The highest BCUT2D eigenvalue weighted by Crippen LogP contribution is 1.97. The van der Waals surface area contributed by atoms with Crippen LogP contribution >= 0.6 is 0 Å². The second-order valence-corrected chi connectivity index (χ2v) is 4.29. The summed E-state index contributed by atoms with van der Waals surface area (Å²) < 4.78 is 4.92. The summed E-state index contributed by atoms with van der Waals surface area (Å²) in [4.78, 5) is 13.8. The third kappa shape index (κ3) is 5.44. The molecule has 0 aromatic rings. The van der Waals surface area contributed by atoms with Crippen molar-refractivity contribution in [2.45, 2.75) is 19.4 Å². The Balaban J connectivity index is 2.08. The molecule has 5 heteroatoms. The maximum Gasteiger partial charge on any atom is 0.234 e. The van der Waals surface area contributed by atoms with E-state index in [0.717, 1.165) is 26.1 Å². The Morgan fingerprint density at radius 3 is 3.12 bits per heavy atom. The van der Waals surface area contributed by atoms with E-state index in [-0.39, 0.29) is 5.91 Å². The van der Waals surface area contributed by atoms with Crippen molar-refractivity contribution in [1.29, 1.82) is 0 Å². The zero-order chi connectivity index (χ0) is 11.8. The van der Waals surface area contributed by atoms with Gasteiger partial charge in [0.2, 0.25) is 5.91 Å². The van der Waals surface area contributed by atoms with E-state index in [0.29, 0.717) is 25.7 Å². The van der Waals surface area contributed by atoms with Crippen LogP contribution in [0.15, 0.2) is 0 Å². The number of nitrogens with one attached hydrogen (secondary N) is 2. The van der Waals surface area contributed by atoms with Crippen molar-refractivity contribution in [3.05, 3.63) is 0 Å². The van der Waals surface area contributed by atoms with Crippen molar-refractivity contribution < 1.29 is 9.53 Å². The first-order chi connectivity index (χ1) is 7.72. The van der Waals surface area contributed by atoms with Crippen LogP contribution in [0.4, 0.5) is 0 Å². The van der Waals surface area contributed by atoms with Crippen LogP contribution in [0.2, 0.25) is 0 Å². The number of hydrogen-bond donors (Lipinski definition) is 2. The first-order valence-electron chi connectivity index (χ1n) is 5.93. The topological polar surface area (TPSA) is 53.6 Å². The lowest BCUT2D eigenvalue weighted by molar-refractivity contribution is -0.122. The van der Waals surface area contributed by atoms with Gasteiger partial charge in [-0.25, -0.2) is 0 Å². The average Bonchev–Trinajstić information content (AvgIpc) is 2.24. The summed E-state index contributed by atoms with van der Waals surface area (Å²) in [6.07, 6.45) is 0.875. The molecule has 0 aromatic carbocycles. The number of hydrogen-bond acceptors (Lipinski definition) is 4. The van der Waals surface area contributed by atoms with Gasteiger partial charge in [-0.3, -0.25) is 9.69 Å². The Labute approximate surface area is 97.5 Å². The van der Waals surface area contributed by atoms with Crippen LogP contribution in [0.25, 0.3) is 0 Å². The number of methoxy groups -OCH3 is 1. The van der Waals surface area contributed by atoms with E-state index in [1.165, 1.54) is 0 Å². The van der Waals surface area contributed by atoms with Crippen molar-refractivity contribution in [3.8, 4) is 0 Å². The lowest BCUT2D eigenvalue weighted by Crippen LogP contribution is -2.51. The maximum absolute atomic E-state index is 11.6. The van der Waals surface area contributed by atoms with Crippen LogP contribution in [0, 0.1) is 0 Å². The number of carbonyl (C=O) groups excluding carboxylic acids is 1. The number of piperazine rings is 1. The van der Waals surface area contributed by atoms with Gasteiger partial charge >= 0.3 is 0 Å². The predicted octanol–water partition coefficient (Wildman–Crippen LogP) is -0.567. The van der Waals surface area contributed by atoms with Crippen LogP contribution in [-0.2, 0) is 9.53 Å². The lowest BCUT2D eigenvalue weighted by atomic mass is 10.2. The molecule has 0 aliphatic carbocycles. The van der Waals surface area contributed by atoms with Gasteiger partial charge in [-0.05, 0) is 13.3 Å². The Bertz CT molecular complexity index is 211. The highest BCUT2D eigenvalue weighted by molar-refractivity contribution is 5.77. The SMILES string of the molecule is COCCCNC(=O)CN1CCN[C@H](C)C1. The summed E-state index contributed by atoms with van der Waals surface area (Å²) >= 11 is 0. The molecule has 1 aliphatic rings. The quantitative estimate of drug-likeness (QED) is 0.599. The predicted molar refractivity (Wildman–Crippen MR) is 63.4 cm³/mol. The molecule has 5 nitrogen and oxygen atoms in total. The average molecular weight is 229 g/mol. The van der Waals surface area contributed by atoms with Gasteiger partial charge in [0.05, 0.1) is 6.54 Å². The number of nitrogens with zero attached hydrogens (tertiary/aromatic N) is 1. The molecule has 94 valence electrons. The van der Waals surface area contributed by atoms with Gasteiger partial charge in [-0.1, -0.05) is 0 Å². The van der Waals surface area contributed by atoms with Crippen molar-refractivity contribution in [3.63, 3.8) is 0 Å². The summed E-state index contributed by atoms with van der Waals surface area (Å²) in [5.74, 6) is 0.116. The monoisotopic (exact) mass is 229 g/mol. The van der Waals surface area contributed by atoms with E-state index in [4.69, 9.17) is 4.74 Å². The Morgan fingerprint density at radius 2 is 2.44 bits per heavy atom. The van der Waals surface area contributed by atoms with Crippen LogP contribution in [0.1, 0.15) is 13.3 Å². The van der Waals surface area contributed by atoms with Gasteiger partial charge < -0.3 is 15.4 Å². The van der Waals surface area contributed by atoms with Gasteiger partial charge in [0.25, 0.3) is 0 Å². The molecule has 1 fully saturated rings. The smallest absolute Gasteiger partial charge is 0.234 e. The summed E-state index contributed by atoms with van der Waals surface area (Å²) in [6, 6.07) is 0.482. The number of carbonyl (C=O) groups is 1. The van der Waals surface area contributed by atoms with E-state index >= 15 is 0 Å². The molecule has 0 radical (unpaired) electrons. The van der Waals surface area contributed by atoms with Gasteiger partial charge in [-0.15, -0.1) is 0 Å². The molecule has 1 rings (SSSR count). The molecular weight excluding hydrogens is 206 g/mol. The van der Waals surface area contributed by atoms with Gasteiger partial charge in [-0.2, -0.15) is 0 Å². The highest BCUT2D eigenvalue weighted by atomic mass is 16.5. The fraction of sp³-hybridized carbons (Fsp3) is 0.909. The summed E-state index contributed by atoms with van der Waals surface area (Å²) in [5.41, 5.74) is 0. The fourth-order valence-corrected chi connectivity index (χ4v) is 1.86. The van der Waals surface area contributed by atoms with Crippen molar-refractivity contribution in [1.82, 2.24) is 15.5 Å². The largest absolute Gasteiger partial charge is 0.385 e. The number of rotatable bonds is 6. The number of amides is 1. The van der Waals surface area contributed by atoms with Crippen LogP contribution in [0.3, 0.4) is 0 Å². The summed E-state index contributed by atoms with van der Waals surface area (Å²) in [7, 11) is 1.67. The second kappa shape index (κ2) is 7.60. The van der Waals surface area contributed by atoms with Crippen molar-refractivity contribution >= 4 is 5.91 Å². The fourth-order valence-electron chi connectivity index (χ4n) is 1.86. The lowest BCUT2D eigenvalue weighted by Gasteiger charge is -2.31. The third-order valence-corrected chi connectivity index (χ3v) is 2.67. The zero-order valence-electron chi connectivity index (χ0n) is 10.3. The summed E-state index contributed by atoms with van der Waals surface area (Å²) in [6.45, 7) is 6.93. The van der Waals surface area contributed by atoms with Gasteiger partial charge in [0.1, 0.15) is 0 Å². The van der Waals surface area contributed by atoms with Crippen molar-refractivity contribution in [2.75, 3.05) is 46.4 Å². The van der Waals surface area contributed by atoms with Crippen LogP contribution in [0.5, 0.6) is 0 Å². The summed E-state index contributed by atoms with van der Waals surface area (Å²) in [5, 5.41) is 6.25. The normalized spacial score (nSPS) is 22.0. The number of ether oxygens (including phenoxy) is 1. The Morgan fingerprint density at radius 1 is 1.62 bits per heavy atom. The Hall–Kier alpha value is -0.650. The molecule has 2 N–H and O–H groups in total. The first-order valence-corrected chi connectivity index (χ1v) is 5.93. The molecule has 1 atom stereocenters. The zero-order valence-corrected chi connectivity index (χ0v) is 10.3. The first kappa shape index (κ1) is 13.4. The van der Waals surface area contributed by atoms with Crippen LogP contribution < -0.4 is 10.6 Å². The van der Waals surface area contributed by atoms with Crippen molar-refractivity contribution in [2.24, 2.45) is 0 Å². The molecule has 0 bridgehead atoms. The minimum atomic E-state index is 0.116. The van der Waals surface area contributed by atoms with E-state index < -0.39 is 0 Å². The third-order valence-electron chi connectivity index (χ3n) is 2.67. The Kier molecular flexibility index (Phi) is 6.37. The minimum absolute atomic E-state index is 0.116. The molecule has 0 unspecified atom stereocenters. The molecule has 1 heterocycles. The van der Waals surface area contributed by atoms with E-state index in [2.05, 4.69) is 22.5 Å². The molecule has 1 amide bonds. The highest BCUT2D eigenvalue weighted by Gasteiger charge is 2.17. The molecule has 1 saturated heterocycles. The molecule has 0 saturated carbocycles. The molecule has 1 aliphatic heterocycles. The standard InChI is InChI=1S/C11H23N3O2/c1-10-8-14(6-5-12-10)9-11(15)13-4-3-7-16-2/h10,12H,3-9H2,1-2H3,(H,13,15)/t10-/m1/s1. The van der Waals surface area contributed by atoms with E-state index in [1.54, 1.807) is 7.11 Å². The maximum atomic E-state index is 11.6. The molecule has 0 spiro atoms. The van der Waals surface area contributed by atoms with Gasteiger partial charge in [0, 0.05) is 45.9 Å². The second-order valence-electron chi connectivity index (χ2n) is 4.29.